The molecule has 1 N–H and O–H groups in total. The Kier molecular flexibility index (Phi) is 6.74. The largest absolute Gasteiger partial charge is 0.497 e. The molecule has 0 radical (unpaired) electrons. The minimum absolute atomic E-state index is 0.134. The molecule has 0 aromatic heterocycles. The molecule has 1 heterocycles. The summed E-state index contributed by atoms with van der Waals surface area (Å²) in [6, 6.07) is 9.57. The van der Waals surface area contributed by atoms with Crippen molar-refractivity contribution >= 4 is 17.5 Å². The fraction of sp³-hybridized carbons (Fsp3) is 0.364. The van der Waals surface area contributed by atoms with Crippen molar-refractivity contribution in [3.63, 3.8) is 0 Å². The molecule has 2 amide bonds. The fourth-order valence-corrected chi connectivity index (χ4v) is 3.79. The summed E-state index contributed by atoms with van der Waals surface area (Å²) in [4.78, 5) is 37.6. The molecule has 164 valence electrons. The molecule has 1 fully saturated rings. The van der Waals surface area contributed by atoms with Gasteiger partial charge in [-0.2, -0.15) is 0 Å². The van der Waals surface area contributed by atoms with Crippen LogP contribution >= 0.6 is 0 Å². The number of aryl methyl sites for hydroxylation is 1. The van der Waals surface area contributed by atoms with E-state index in [-0.39, 0.29) is 29.7 Å². The van der Waals surface area contributed by atoms with Crippen molar-refractivity contribution in [2.45, 2.75) is 25.8 Å². The maximum atomic E-state index is 12.9. The van der Waals surface area contributed by atoms with Crippen LogP contribution in [0.4, 0.5) is 5.69 Å². The highest BCUT2D eigenvalue weighted by atomic mass is 16.6. The molecule has 1 aliphatic rings. The van der Waals surface area contributed by atoms with Crippen LogP contribution in [0.5, 0.6) is 11.5 Å². The number of ether oxygens (including phenoxy) is 2. The van der Waals surface area contributed by atoms with Crippen LogP contribution in [0.15, 0.2) is 36.4 Å². The highest BCUT2D eigenvalue weighted by Gasteiger charge is 2.32. The lowest BCUT2D eigenvalue weighted by Gasteiger charge is -2.26. The number of hydrogen-bond donors (Lipinski definition) is 1. The maximum absolute atomic E-state index is 12.9. The lowest BCUT2D eigenvalue weighted by molar-refractivity contribution is -0.385. The number of rotatable bonds is 7. The van der Waals surface area contributed by atoms with Crippen molar-refractivity contribution < 1.29 is 24.0 Å². The fourth-order valence-electron chi connectivity index (χ4n) is 3.79. The maximum Gasteiger partial charge on any atom is 0.273 e. The van der Waals surface area contributed by atoms with Crippen LogP contribution in [0, 0.1) is 17.0 Å². The first-order valence-electron chi connectivity index (χ1n) is 9.90. The molecular weight excluding hydrogens is 402 g/mol. The molecular formula is C22H25N3O6. The number of likely N-dealkylation sites (tertiary alicyclic amines) is 1. The highest BCUT2D eigenvalue weighted by molar-refractivity contribution is 5.97. The third kappa shape index (κ3) is 4.76. The Morgan fingerprint density at radius 3 is 2.65 bits per heavy atom. The predicted molar refractivity (Wildman–Crippen MR) is 113 cm³/mol. The number of nitro groups is 1. The zero-order chi connectivity index (χ0) is 22.5. The number of carbonyl (C=O) groups is 2. The summed E-state index contributed by atoms with van der Waals surface area (Å²) < 4.78 is 10.7. The number of benzene rings is 2. The van der Waals surface area contributed by atoms with Crippen molar-refractivity contribution in [3.05, 3.63) is 63.2 Å². The van der Waals surface area contributed by atoms with Crippen molar-refractivity contribution in [2.75, 3.05) is 27.3 Å². The van der Waals surface area contributed by atoms with Crippen LogP contribution in [-0.4, -0.2) is 48.9 Å². The van der Waals surface area contributed by atoms with Gasteiger partial charge in [0.25, 0.3) is 11.6 Å². The van der Waals surface area contributed by atoms with Gasteiger partial charge in [0.2, 0.25) is 5.91 Å². The standard InChI is InChI=1S/C22H25N3O6/c1-14-6-7-15(11-19(14)25(28)29)22(27)23-13-21(26)24-10-4-5-18(24)17-9-8-16(30-2)12-20(17)31-3/h6-9,11-12,18H,4-5,10,13H2,1-3H3,(H,23,27). The second-order valence-electron chi connectivity index (χ2n) is 7.29. The zero-order valence-electron chi connectivity index (χ0n) is 17.7. The Balaban J connectivity index is 1.70. The molecule has 0 spiro atoms. The Morgan fingerprint density at radius 1 is 1.19 bits per heavy atom. The molecule has 0 saturated carbocycles. The summed E-state index contributed by atoms with van der Waals surface area (Å²) in [6.45, 7) is 1.98. The Bertz CT molecular complexity index is 1010. The van der Waals surface area contributed by atoms with E-state index in [0.29, 0.717) is 23.6 Å². The second-order valence-corrected chi connectivity index (χ2v) is 7.29. The van der Waals surface area contributed by atoms with E-state index in [9.17, 15) is 19.7 Å². The lowest BCUT2D eigenvalue weighted by Crippen LogP contribution is -2.40. The first kappa shape index (κ1) is 22.1. The van der Waals surface area contributed by atoms with E-state index in [2.05, 4.69) is 5.32 Å². The van der Waals surface area contributed by atoms with Gasteiger partial charge in [-0.25, -0.2) is 0 Å². The monoisotopic (exact) mass is 427 g/mol. The summed E-state index contributed by atoms with van der Waals surface area (Å²) in [7, 11) is 3.14. The van der Waals surface area contributed by atoms with Gasteiger partial charge in [-0.1, -0.05) is 6.07 Å². The van der Waals surface area contributed by atoms with Crippen LogP contribution in [0.1, 0.15) is 40.4 Å². The van der Waals surface area contributed by atoms with Crippen molar-refractivity contribution in [2.24, 2.45) is 0 Å². The number of nitrogens with zero attached hydrogens (tertiary/aromatic N) is 2. The topological polar surface area (TPSA) is 111 Å². The van der Waals surface area contributed by atoms with Crippen molar-refractivity contribution in [3.8, 4) is 11.5 Å². The van der Waals surface area contributed by atoms with E-state index in [0.717, 1.165) is 18.4 Å². The van der Waals surface area contributed by atoms with Crippen LogP contribution in [-0.2, 0) is 4.79 Å². The Labute approximate surface area is 180 Å². The SMILES string of the molecule is COc1ccc(C2CCCN2C(=O)CNC(=O)c2ccc(C)c([N+](=O)[O-])c2)c(OC)c1. The minimum atomic E-state index is -0.533. The van der Waals surface area contributed by atoms with Gasteiger partial charge < -0.3 is 19.7 Å². The summed E-state index contributed by atoms with van der Waals surface area (Å²) in [5.74, 6) is 0.542. The molecule has 9 nitrogen and oxygen atoms in total. The van der Waals surface area contributed by atoms with Gasteiger partial charge >= 0.3 is 0 Å². The molecule has 9 heteroatoms. The Hall–Kier alpha value is -3.62. The third-order valence-corrected chi connectivity index (χ3v) is 5.44. The van der Waals surface area contributed by atoms with Crippen molar-refractivity contribution in [1.29, 1.82) is 0 Å². The van der Waals surface area contributed by atoms with Gasteiger partial charge in [0, 0.05) is 35.4 Å². The van der Waals surface area contributed by atoms with Crippen LogP contribution < -0.4 is 14.8 Å². The molecule has 1 atom stereocenters. The van der Waals surface area contributed by atoms with Gasteiger partial charge in [-0.15, -0.1) is 0 Å². The highest BCUT2D eigenvalue weighted by Crippen LogP contribution is 2.38. The first-order chi connectivity index (χ1) is 14.8. The molecule has 1 saturated heterocycles. The second kappa shape index (κ2) is 9.46. The van der Waals surface area contributed by atoms with E-state index in [1.54, 1.807) is 32.1 Å². The molecule has 3 rings (SSSR count). The number of hydrogen-bond acceptors (Lipinski definition) is 6. The number of methoxy groups -OCH3 is 2. The van der Waals surface area contributed by atoms with E-state index in [1.165, 1.54) is 18.2 Å². The first-order valence-corrected chi connectivity index (χ1v) is 9.90. The third-order valence-electron chi connectivity index (χ3n) is 5.44. The van der Waals surface area contributed by atoms with Gasteiger partial charge in [0.1, 0.15) is 11.5 Å². The normalized spacial score (nSPS) is 15.5. The van der Waals surface area contributed by atoms with Crippen molar-refractivity contribution in [1.82, 2.24) is 10.2 Å². The average Bonchev–Trinajstić information content (AvgIpc) is 3.26. The molecule has 1 unspecified atom stereocenters. The van der Waals surface area contributed by atoms with Gasteiger partial charge in [-0.3, -0.25) is 19.7 Å². The summed E-state index contributed by atoms with van der Waals surface area (Å²) in [5.41, 5.74) is 1.35. The van der Waals surface area contributed by atoms with Gasteiger partial charge in [-0.05, 0) is 38.0 Å². The van der Waals surface area contributed by atoms with E-state index < -0.39 is 10.8 Å². The van der Waals surface area contributed by atoms with Gasteiger partial charge in [0.15, 0.2) is 0 Å². The quantitative estimate of drug-likeness (QED) is 0.537. The molecule has 2 aromatic carbocycles. The lowest BCUT2D eigenvalue weighted by atomic mass is 10.0. The van der Waals surface area contributed by atoms with Crippen LogP contribution in [0.2, 0.25) is 0 Å². The van der Waals surface area contributed by atoms with E-state index in [4.69, 9.17) is 9.47 Å². The van der Waals surface area contributed by atoms with E-state index >= 15 is 0 Å². The summed E-state index contributed by atoms with van der Waals surface area (Å²) in [6.07, 6.45) is 1.62. The zero-order valence-corrected chi connectivity index (χ0v) is 17.7. The molecule has 0 bridgehead atoms. The average molecular weight is 427 g/mol. The number of carbonyl (C=O) groups excluding carboxylic acids is 2. The van der Waals surface area contributed by atoms with Crippen LogP contribution in [0.3, 0.4) is 0 Å². The molecule has 31 heavy (non-hydrogen) atoms. The number of nitrogens with one attached hydrogen (secondary N) is 1. The predicted octanol–water partition coefficient (Wildman–Crippen LogP) is 3.01. The Morgan fingerprint density at radius 2 is 1.97 bits per heavy atom. The smallest absolute Gasteiger partial charge is 0.273 e. The number of nitro benzene ring substituents is 1. The molecule has 2 aromatic rings. The molecule has 0 aliphatic carbocycles. The van der Waals surface area contributed by atoms with E-state index in [1.807, 2.05) is 12.1 Å². The van der Waals surface area contributed by atoms with Gasteiger partial charge in [0.05, 0.1) is 31.7 Å². The summed E-state index contributed by atoms with van der Waals surface area (Å²) in [5, 5.41) is 13.7. The summed E-state index contributed by atoms with van der Waals surface area (Å²) >= 11 is 0. The molecule has 1 aliphatic heterocycles. The number of amides is 2. The minimum Gasteiger partial charge on any atom is -0.497 e. The van der Waals surface area contributed by atoms with Crippen LogP contribution in [0.25, 0.3) is 0 Å².